The molecule has 2 heterocycles. The molecule has 0 saturated carbocycles. The maximum Gasteiger partial charge on any atom is 0.324 e. The van der Waals surface area contributed by atoms with E-state index < -0.39 is 29.6 Å². The molecule has 1 atom stereocenters. The Morgan fingerprint density at radius 3 is 2.30 bits per heavy atom. The van der Waals surface area contributed by atoms with Gasteiger partial charge in [-0.1, -0.05) is 24.3 Å². The van der Waals surface area contributed by atoms with Crippen LogP contribution in [0.4, 0.5) is 0 Å². The first-order chi connectivity index (χ1) is 14.3. The van der Waals surface area contributed by atoms with Crippen molar-refractivity contribution in [1.82, 2.24) is 4.98 Å². The molecule has 30 heavy (non-hydrogen) atoms. The fourth-order valence-electron chi connectivity index (χ4n) is 3.95. The van der Waals surface area contributed by atoms with Gasteiger partial charge in [-0.05, 0) is 29.3 Å². The van der Waals surface area contributed by atoms with Crippen LogP contribution >= 0.6 is 0 Å². The normalized spacial score (nSPS) is 17.3. The van der Waals surface area contributed by atoms with Gasteiger partial charge >= 0.3 is 11.9 Å². The summed E-state index contributed by atoms with van der Waals surface area (Å²) in [6, 6.07) is 13.0. The Morgan fingerprint density at radius 2 is 1.63 bits per heavy atom. The monoisotopic (exact) mass is 409 g/mol. The Kier molecular flexibility index (Phi) is 4.89. The van der Waals surface area contributed by atoms with Crippen LogP contribution in [0.3, 0.4) is 0 Å². The lowest BCUT2D eigenvalue weighted by Gasteiger charge is -2.36. The molecule has 1 N–H and O–H groups in total. The topological polar surface area (TPSA) is 86.9 Å². The van der Waals surface area contributed by atoms with Crippen molar-refractivity contribution in [3.63, 3.8) is 0 Å². The average molecular weight is 409 g/mol. The van der Waals surface area contributed by atoms with Crippen LogP contribution in [0.1, 0.15) is 30.9 Å². The largest absolute Gasteiger partial charge is 0.493 e. The molecule has 7 nitrogen and oxygen atoms in total. The highest BCUT2D eigenvalue weighted by atomic mass is 16.7. The molecule has 4 rings (SSSR count). The van der Waals surface area contributed by atoms with E-state index in [1.54, 1.807) is 19.2 Å². The minimum Gasteiger partial charge on any atom is -0.493 e. The minimum absolute atomic E-state index is 0.498. The van der Waals surface area contributed by atoms with E-state index >= 15 is 0 Å². The molecule has 7 heteroatoms. The average Bonchev–Trinajstić information content (AvgIpc) is 3.13. The predicted molar refractivity (Wildman–Crippen MR) is 109 cm³/mol. The molecule has 156 valence electrons. The van der Waals surface area contributed by atoms with Crippen LogP contribution in [0.25, 0.3) is 10.9 Å². The number of carbonyl (C=O) groups excluding carboxylic acids is 2. The number of para-hydroxylation sites is 1. The number of fused-ring (bicyclic) bond motifs is 1. The van der Waals surface area contributed by atoms with Gasteiger partial charge < -0.3 is 23.9 Å². The molecule has 1 aromatic heterocycles. The lowest BCUT2D eigenvalue weighted by atomic mass is 9.80. The molecule has 1 fully saturated rings. The van der Waals surface area contributed by atoms with Crippen molar-refractivity contribution in [2.75, 3.05) is 14.2 Å². The lowest BCUT2D eigenvalue weighted by molar-refractivity contribution is -0.240. The van der Waals surface area contributed by atoms with Gasteiger partial charge in [-0.15, -0.1) is 0 Å². The van der Waals surface area contributed by atoms with E-state index in [1.807, 2.05) is 36.5 Å². The number of carbonyl (C=O) groups is 2. The summed E-state index contributed by atoms with van der Waals surface area (Å²) < 4.78 is 21.6. The summed E-state index contributed by atoms with van der Waals surface area (Å²) in [5, 5.41) is 0.905. The molecule has 0 spiro atoms. The van der Waals surface area contributed by atoms with Gasteiger partial charge in [0.25, 0.3) is 5.79 Å². The van der Waals surface area contributed by atoms with Crippen molar-refractivity contribution in [3.8, 4) is 11.5 Å². The van der Waals surface area contributed by atoms with Gasteiger partial charge in [0, 0.05) is 36.9 Å². The first-order valence-electron chi connectivity index (χ1n) is 9.58. The number of H-pyrrole nitrogens is 1. The highest BCUT2D eigenvalue weighted by molar-refractivity contribution is 5.99. The summed E-state index contributed by atoms with van der Waals surface area (Å²) in [5.74, 6) is -3.30. The Bertz CT molecular complexity index is 1100. The number of hydrogen-bond donors (Lipinski definition) is 1. The smallest absolute Gasteiger partial charge is 0.324 e. The van der Waals surface area contributed by atoms with Crippen LogP contribution < -0.4 is 9.47 Å². The van der Waals surface area contributed by atoms with Crippen LogP contribution in [0.15, 0.2) is 48.7 Å². The third kappa shape index (κ3) is 3.36. The third-order valence-corrected chi connectivity index (χ3v) is 5.26. The van der Waals surface area contributed by atoms with Gasteiger partial charge in [0.05, 0.1) is 14.2 Å². The lowest BCUT2D eigenvalue weighted by Crippen LogP contribution is -2.48. The van der Waals surface area contributed by atoms with E-state index in [0.29, 0.717) is 17.1 Å². The number of methoxy groups -OCH3 is 2. The maximum absolute atomic E-state index is 13.0. The maximum atomic E-state index is 13.0. The second-order valence-electron chi connectivity index (χ2n) is 7.60. The molecule has 0 amide bonds. The molecule has 3 aromatic rings. The number of aromatic amines is 1. The second-order valence-corrected chi connectivity index (χ2v) is 7.60. The number of hydrogen-bond acceptors (Lipinski definition) is 6. The highest BCUT2D eigenvalue weighted by Crippen LogP contribution is 2.42. The van der Waals surface area contributed by atoms with Crippen molar-refractivity contribution < 1.29 is 28.5 Å². The van der Waals surface area contributed by atoms with Crippen molar-refractivity contribution in [3.05, 3.63) is 59.8 Å². The van der Waals surface area contributed by atoms with Crippen LogP contribution in [0, 0.1) is 5.92 Å². The Labute approximate surface area is 173 Å². The van der Waals surface area contributed by atoms with Crippen molar-refractivity contribution in [2.45, 2.75) is 25.6 Å². The molecular formula is C23H23NO6. The van der Waals surface area contributed by atoms with E-state index in [2.05, 4.69) is 4.98 Å². The number of esters is 2. The predicted octanol–water partition coefficient (Wildman–Crippen LogP) is 3.77. The first kappa shape index (κ1) is 19.8. The number of rotatable bonds is 5. The van der Waals surface area contributed by atoms with Crippen LogP contribution in [-0.4, -0.2) is 36.9 Å². The van der Waals surface area contributed by atoms with Crippen LogP contribution in [0.2, 0.25) is 0 Å². The van der Waals surface area contributed by atoms with Gasteiger partial charge in [-0.25, -0.2) is 0 Å². The number of ether oxygens (including phenoxy) is 4. The minimum atomic E-state index is -1.30. The zero-order valence-corrected chi connectivity index (χ0v) is 17.2. The number of nitrogens with one attached hydrogen (secondary N) is 1. The molecular weight excluding hydrogens is 386 g/mol. The van der Waals surface area contributed by atoms with E-state index in [1.165, 1.54) is 21.0 Å². The molecule has 1 aliphatic rings. The molecule has 1 saturated heterocycles. The third-order valence-electron chi connectivity index (χ3n) is 5.26. The second kappa shape index (κ2) is 7.40. The van der Waals surface area contributed by atoms with Gasteiger partial charge in [0.2, 0.25) is 0 Å². The number of aromatic nitrogens is 1. The fourth-order valence-corrected chi connectivity index (χ4v) is 3.95. The van der Waals surface area contributed by atoms with Crippen molar-refractivity contribution >= 4 is 22.8 Å². The molecule has 1 aliphatic heterocycles. The molecule has 2 aromatic carbocycles. The van der Waals surface area contributed by atoms with Gasteiger partial charge in [-0.2, -0.15) is 0 Å². The van der Waals surface area contributed by atoms with Crippen molar-refractivity contribution in [1.29, 1.82) is 0 Å². The first-order valence-corrected chi connectivity index (χ1v) is 9.58. The van der Waals surface area contributed by atoms with E-state index in [9.17, 15) is 9.59 Å². The quantitative estimate of drug-likeness (QED) is 0.510. The summed E-state index contributed by atoms with van der Waals surface area (Å²) in [5.41, 5.74) is 2.39. The van der Waals surface area contributed by atoms with E-state index in [-0.39, 0.29) is 0 Å². The summed E-state index contributed by atoms with van der Waals surface area (Å²) in [6.45, 7) is 3.08. The molecule has 0 unspecified atom stereocenters. The zero-order valence-electron chi connectivity index (χ0n) is 17.2. The Balaban J connectivity index is 1.90. The van der Waals surface area contributed by atoms with Crippen LogP contribution in [-0.2, 0) is 19.1 Å². The molecule has 0 bridgehead atoms. The van der Waals surface area contributed by atoms with Crippen LogP contribution in [0.5, 0.6) is 11.5 Å². The summed E-state index contributed by atoms with van der Waals surface area (Å²) in [6.07, 6.45) is 1.81. The standard InChI is InChI=1S/C23H23NO6/c1-23(2)29-21(25)20(22(26)30-23)19(13-9-10-17(27-3)18(11-13)28-4)15-12-24-16-8-6-5-7-14(15)16/h5-12,19-20,24H,1-4H3/t19-/m1/s1. The van der Waals surface area contributed by atoms with E-state index in [0.717, 1.165) is 16.5 Å². The molecule has 0 aliphatic carbocycles. The van der Waals surface area contributed by atoms with E-state index in [4.69, 9.17) is 18.9 Å². The van der Waals surface area contributed by atoms with Gasteiger partial charge in [0.15, 0.2) is 17.4 Å². The zero-order chi connectivity index (χ0) is 21.5. The van der Waals surface area contributed by atoms with Crippen molar-refractivity contribution in [2.24, 2.45) is 5.92 Å². The number of cyclic esters (lactones) is 2. The summed E-state index contributed by atoms with van der Waals surface area (Å²) >= 11 is 0. The highest BCUT2D eigenvalue weighted by Gasteiger charge is 2.48. The Morgan fingerprint density at radius 1 is 0.967 bits per heavy atom. The Hall–Kier alpha value is -3.48. The van der Waals surface area contributed by atoms with Gasteiger partial charge in [-0.3, -0.25) is 9.59 Å². The summed E-state index contributed by atoms with van der Waals surface area (Å²) in [7, 11) is 3.08. The van der Waals surface area contributed by atoms with Gasteiger partial charge in [0.1, 0.15) is 0 Å². The molecule has 0 radical (unpaired) electrons. The summed E-state index contributed by atoms with van der Waals surface area (Å²) in [4.78, 5) is 29.1. The number of benzene rings is 2. The fraction of sp³-hybridized carbons (Fsp3) is 0.304. The SMILES string of the molecule is COc1ccc([C@H](c2c[nH]c3ccccc23)C2C(=O)OC(C)(C)OC2=O)cc1OC.